The van der Waals surface area contributed by atoms with Crippen molar-refractivity contribution in [1.82, 2.24) is 5.32 Å². The van der Waals surface area contributed by atoms with Crippen LogP contribution in [0.3, 0.4) is 0 Å². The van der Waals surface area contributed by atoms with Crippen LogP contribution in [0.5, 0.6) is 0 Å². The summed E-state index contributed by atoms with van der Waals surface area (Å²) in [6.07, 6.45) is 0.112. The Balaban J connectivity index is 0.00000225. The average molecular weight is 401 g/mol. The van der Waals surface area contributed by atoms with E-state index in [4.69, 9.17) is 4.74 Å². The van der Waals surface area contributed by atoms with E-state index in [9.17, 15) is 4.39 Å². The molecule has 4 rings (SSSR count). The minimum atomic E-state index is -0.200. The third kappa shape index (κ3) is 4.64. The van der Waals surface area contributed by atoms with Crippen molar-refractivity contribution >= 4 is 28.9 Å². The Kier molecular flexibility index (Phi) is 6.89. The van der Waals surface area contributed by atoms with E-state index in [0.29, 0.717) is 6.61 Å². The molecule has 1 aliphatic rings. The lowest BCUT2D eigenvalue weighted by atomic mass is 9.99. The van der Waals surface area contributed by atoms with E-state index in [1.165, 1.54) is 28.5 Å². The molecule has 1 unspecified atom stereocenters. The zero-order valence-electron chi connectivity index (χ0n) is 16.0. The zero-order valence-corrected chi connectivity index (χ0v) is 16.8. The molecule has 3 aromatic carbocycles. The molecule has 2 atom stereocenters. The summed E-state index contributed by atoms with van der Waals surface area (Å²) >= 11 is 0. The highest BCUT2D eigenvalue weighted by Gasteiger charge is 2.21. The summed E-state index contributed by atoms with van der Waals surface area (Å²) in [5, 5.41) is 6.18. The molecule has 0 aromatic heterocycles. The van der Waals surface area contributed by atoms with Crippen molar-refractivity contribution in [1.29, 1.82) is 0 Å². The fraction of sp³-hybridized carbons (Fsp3) is 0.304. The van der Waals surface area contributed by atoms with Gasteiger partial charge in [-0.2, -0.15) is 0 Å². The minimum absolute atomic E-state index is 0. The molecular weight excluding hydrogens is 375 g/mol. The maximum atomic E-state index is 13.2. The van der Waals surface area contributed by atoms with E-state index in [1.54, 1.807) is 0 Å². The summed E-state index contributed by atoms with van der Waals surface area (Å²) in [5.74, 6) is -0.200. The lowest BCUT2D eigenvalue weighted by Gasteiger charge is -2.35. The number of fused-ring (bicyclic) bond motifs is 1. The van der Waals surface area contributed by atoms with E-state index in [0.717, 1.165) is 25.3 Å². The molecule has 0 amide bonds. The van der Waals surface area contributed by atoms with Gasteiger partial charge in [-0.1, -0.05) is 42.5 Å². The van der Waals surface area contributed by atoms with E-state index >= 15 is 0 Å². The highest BCUT2D eigenvalue weighted by Crippen LogP contribution is 2.24. The summed E-state index contributed by atoms with van der Waals surface area (Å²) in [4.78, 5) is 2.26. The molecule has 0 radical (unpaired) electrons. The summed E-state index contributed by atoms with van der Waals surface area (Å²) in [6.45, 7) is 5.30. The van der Waals surface area contributed by atoms with Crippen molar-refractivity contribution in [2.45, 2.75) is 19.1 Å². The van der Waals surface area contributed by atoms with Crippen molar-refractivity contribution in [3.05, 3.63) is 78.1 Å². The predicted molar refractivity (Wildman–Crippen MR) is 116 cm³/mol. The molecule has 28 heavy (non-hydrogen) atoms. The fourth-order valence-corrected chi connectivity index (χ4v) is 3.78. The molecule has 3 aromatic rings. The smallest absolute Gasteiger partial charge is 0.123 e. The second kappa shape index (κ2) is 9.37. The summed E-state index contributed by atoms with van der Waals surface area (Å²) in [7, 11) is 0. The Morgan fingerprint density at radius 1 is 1.07 bits per heavy atom. The van der Waals surface area contributed by atoms with Crippen LogP contribution in [-0.2, 0) is 4.74 Å². The van der Waals surface area contributed by atoms with Gasteiger partial charge < -0.3 is 15.0 Å². The maximum Gasteiger partial charge on any atom is 0.123 e. The van der Waals surface area contributed by atoms with Crippen LogP contribution in [-0.4, -0.2) is 32.3 Å². The van der Waals surface area contributed by atoms with E-state index < -0.39 is 0 Å². The van der Waals surface area contributed by atoms with Crippen LogP contribution < -0.4 is 10.2 Å². The Morgan fingerprint density at radius 3 is 2.64 bits per heavy atom. The number of nitrogens with one attached hydrogen (secondary N) is 1. The van der Waals surface area contributed by atoms with Gasteiger partial charge in [0.2, 0.25) is 0 Å². The largest absolute Gasteiger partial charge is 0.373 e. The van der Waals surface area contributed by atoms with Gasteiger partial charge >= 0.3 is 0 Å². The topological polar surface area (TPSA) is 24.5 Å². The quantitative estimate of drug-likeness (QED) is 0.655. The number of benzene rings is 3. The molecule has 0 saturated carbocycles. The lowest BCUT2D eigenvalue weighted by Crippen LogP contribution is -2.47. The molecule has 0 bridgehead atoms. The molecule has 1 heterocycles. The molecule has 148 valence electrons. The van der Waals surface area contributed by atoms with Crippen molar-refractivity contribution in [3.8, 4) is 0 Å². The monoisotopic (exact) mass is 400 g/mol. The molecule has 5 heteroatoms. The number of hydrogen-bond acceptors (Lipinski definition) is 3. The number of morpholine rings is 1. The first-order chi connectivity index (χ1) is 13.2. The van der Waals surface area contributed by atoms with Crippen molar-refractivity contribution in [2.75, 3.05) is 31.1 Å². The predicted octanol–water partition coefficient (Wildman–Crippen LogP) is 4.96. The van der Waals surface area contributed by atoms with Crippen molar-refractivity contribution in [2.24, 2.45) is 0 Å². The normalized spacial score (nSPS) is 17.9. The molecular formula is C23H26ClFN2O. The second-order valence-electron chi connectivity index (χ2n) is 7.11. The van der Waals surface area contributed by atoms with Crippen LogP contribution in [0.15, 0.2) is 66.7 Å². The van der Waals surface area contributed by atoms with Gasteiger partial charge in [-0.3, -0.25) is 0 Å². The SMILES string of the molecule is C[C@@H](NCC1CN(c2ccc(F)cc2)CCO1)c1cccc2ccccc12.Cl. The first-order valence-electron chi connectivity index (χ1n) is 9.54. The van der Waals surface area contributed by atoms with Crippen LogP contribution in [0, 0.1) is 5.82 Å². The van der Waals surface area contributed by atoms with Crippen LogP contribution in [0.4, 0.5) is 10.1 Å². The van der Waals surface area contributed by atoms with Gasteiger partial charge in [0.15, 0.2) is 0 Å². The molecule has 1 N–H and O–H groups in total. The van der Waals surface area contributed by atoms with Crippen LogP contribution in [0.25, 0.3) is 10.8 Å². The molecule has 1 aliphatic heterocycles. The highest BCUT2D eigenvalue weighted by atomic mass is 35.5. The van der Waals surface area contributed by atoms with E-state index in [-0.39, 0.29) is 30.4 Å². The standard InChI is InChI=1S/C23H25FN2O.ClH/c1-17(22-8-4-6-18-5-2-3-7-23(18)22)25-15-21-16-26(13-14-27-21)20-11-9-19(24)10-12-20;/h2-12,17,21,25H,13-16H2,1H3;1H/t17-,21?;/m1./s1. The van der Waals surface area contributed by atoms with Gasteiger partial charge in [-0.25, -0.2) is 4.39 Å². The molecule has 0 spiro atoms. The van der Waals surface area contributed by atoms with E-state index in [2.05, 4.69) is 59.6 Å². The van der Waals surface area contributed by atoms with E-state index in [1.807, 2.05) is 12.1 Å². The number of ether oxygens (including phenoxy) is 1. The van der Waals surface area contributed by atoms with Crippen LogP contribution in [0.2, 0.25) is 0 Å². The van der Waals surface area contributed by atoms with Gasteiger partial charge in [-0.05, 0) is 47.5 Å². The summed E-state index contributed by atoms with van der Waals surface area (Å²) < 4.78 is 19.1. The first kappa shape index (κ1) is 20.6. The maximum absolute atomic E-state index is 13.2. The first-order valence-corrected chi connectivity index (χ1v) is 9.54. The number of hydrogen-bond donors (Lipinski definition) is 1. The van der Waals surface area contributed by atoms with Gasteiger partial charge in [0.05, 0.1) is 12.7 Å². The van der Waals surface area contributed by atoms with Crippen LogP contribution in [0.1, 0.15) is 18.5 Å². The number of nitrogens with zero attached hydrogens (tertiary/aromatic N) is 1. The average Bonchev–Trinajstić information content (AvgIpc) is 2.72. The number of anilines is 1. The Bertz CT molecular complexity index is 897. The van der Waals surface area contributed by atoms with Gasteiger partial charge in [-0.15, -0.1) is 12.4 Å². The Morgan fingerprint density at radius 2 is 1.82 bits per heavy atom. The third-order valence-corrected chi connectivity index (χ3v) is 5.27. The van der Waals surface area contributed by atoms with Gasteiger partial charge in [0.25, 0.3) is 0 Å². The Labute approximate surface area is 171 Å². The summed E-state index contributed by atoms with van der Waals surface area (Å²) in [6, 6.07) is 21.9. The fourth-order valence-electron chi connectivity index (χ4n) is 3.78. The number of halogens is 2. The van der Waals surface area contributed by atoms with Crippen LogP contribution >= 0.6 is 12.4 Å². The van der Waals surface area contributed by atoms with Gasteiger partial charge in [0, 0.05) is 31.4 Å². The number of rotatable bonds is 5. The third-order valence-electron chi connectivity index (χ3n) is 5.27. The lowest BCUT2D eigenvalue weighted by molar-refractivity contribution is 0.0395. The molecule has 0 aliphatic carbocycles. The van der Waals surface area contributed by atoms with Gasteiger partial charge in [0.1, 0.15) is 5.82 Å². The minimum Gasteiger partial charge on any atom is -0.373 e. The Hall–Kier alpha value is -2.14. The summed E-state index contributed by atoms with van der Waals surface area (Å²) in [5.41, 5.74) is 2.35. The molecule has 1 saturated heterocycles. The highest BCUT2D eigenvalue weighted by molar-refractivity contribution is 5.86. The molecule has 1 fully saturated rings. The van der Waals surface area contributed by atoms with Crippen molar-refractivity contribution in [3.63, 3.8) is 0 Å². The zero-order chi connectivity index (χ0) is 18.6. The second-order valence-corrected chi connectivity index (χ2v) is 7.11. The molecule has 3 nitrogen and oxygen atoms in total. The van der Waals surface area contributed by atoms with Crippen molar-refractivity contribution < 1.29 is 9.13 Å².